The molecule has 4 aliphatic heterocycles. The summed E-state index contributed by atoms with van der Waals surface area (Å²) in [6.45, 7) is 2.12. The van der Waals surface area contributed by atoms with Gasteiger partial charge >= 0.3 is 12.2 Å². The molecule has 3 atom stereocenters. The van der Waals surface area contributed by atoms with Crippen LogP contribution in [-0.4, -0.2) is 83.7 Å². The lowest BCUT2D eigenvalue weighted by Gasteiger charge is -2.40. The first-order valence-corrected chi connectivity index (χ1v) is 14.8. The van der Waals surface area contributed by atoms with E-state index >= 15 is 4.39 Å². The van der Waals surface area contributed by atoms with Crippen molar-refractivity contribution in [2.75, 3.05) is 57.2 Å². The molecule has 236 valence electrons. The van der Waals surface area contributed by atoms with Crippen LogP contribution in [0.1, 0.15) is 37.7 Å². The van der Waals surface area contributed by atoms with Crippen molar-refractivity contribution in [1.82, 2.24) is 19.9 Å². The van der Waals surface area contributed by atoms with Crippen molar-refractivity contribution in [2.24, 2.45) is 0 Å². The fourth-order valence-corrected chi connectivity index (χ4v) is 7.57. The van der Waals surface area contributed by atoms with Crippen molar-refractivity contribution in [3.05, 3.63) is 28.5 Å². The molecular weight excluding hydrogens is 611 g/mol. The third-order valence-electron chi connectivity index (χ3n) is 9.51. The van der Waals surface area contributed by atoms with Gasteiger partial charge in [0.15, 0.2) is 5.82 Å². The average molecular weight is 641 g/mol. The number of anilines is 2. The molecule has 15 heteroatoms. The molecule has 4 aliphatic rings. The summed E-state index contributed by atoms with van der Waals surface area (Å²) < 4.78 is 91.5. The highest BCUT2D eigenvalue weighted by Crippen LogP contribution is 2.47. The Kier molecular flexibility index (Phi) is 6.98. The smallest absolute Gasteiger partial charge is 0.418 e. The second-order valence-corrected chi connectivity index (χ2v) is 12.5. The van der Waals surface area contributed by atoms with Gasteiger partial charge < -0.3 is 24.8 Å². The van der Waals surface area contributed by atoms with E-state index in [1.807, 2.05) is 4.90 Å². The molecule has 9 nitrogen and oxygen atoms in total. The zero-order valence-electron chi connectivity index (χ0n) is 23.8. The van der Waals surface area contributed by atoms with E-state index in [1.165, 1.54) is 0 Å². The molecule has 6 heterocycles. The molecule has 2 aromatic heterocycles. The molecule has 1 unspecified atom stereocenters. The molecule has 44 heavy (non-hydrogen) atoms. The zero-order valence-corrected chi connectivity index (χ0v) is 24.6. The second kappa shape index (κ2) is 10.4. The van der Waals surface area contributed by atoms with E-state index in [1.54, 1.807) is 7.05 Å². The van der Waals surface area contributed by atoms with Gasteiger partial charge in [-0.1, -0.05) is 11.6 Å². The number of likely N-dealkylation sites (N-methyl/N-ethyl adjacent to an activating group) is 1. The number of hydrogen-bond acceptors (Lipinski definition) is 9. The molecule has 0 bridgehead atoms. The number of aromatic nitrogens is 3. The van der Waals surface area contributed by atoms with Gasteiger partial charge in [0, 0.05) is 44.3 Å². The minimum atomic E-state index is -4.95. The van der Waals surface area contributed by atoms with E-state index in [2.05, 4.69) is 19.9 Å². The monoisotopic (exact) mass is 640 g/mol. The van der Waals surface area contributed by atoms with Crippen molar-refractivity contribution < 1.29 is 36.2 Å². The van der Waals surface area contributed by atoms with Crippen LogP contribution in [0.3, 0.4) is 0 Å². The average Bonchev–Trinajstić information content (AvgIpc) is 3.65. The molecule has 2 N–H and O–H groups in total. The summed E-state index contributed by atoms with van der Waals surface area (Å²) in [5.41, 5.74) is 1.72. The van der Waals surface area contributed by atoms with Crippen LogP contribution in [0.25, 0.3) is 22.2 Å². The first-order valence-electron chi connectivity index (χ1n) is 14.4. The van der Waals surface area contributed by atoms with Crippen LogP contribution in [0.5, 0.6) is 11.9 Å². The Hall–Kier alpha value is -3.23. The molecule has 0 saturated carbocycles. The molecule has 3 saturated heterocycles. The maximum Gasteiger partial charge on any atom is 0.418 e. The highest BCUT2D eigenvalue weighted by molar-refractivity contribution is 6.32. The van der Waals surface area contributed by atoms with Gasteiger partial charge in [0.1, 0.15) is 35.2 Å². The zero-order chi connectivity index (χ0) is 31.0. The Morgan fingerprint density at radius 2 is 1.95 bits per heavy atom. The predicted octanol–water partition coefficient (Wildman–Crippen LogP) is 5.42. The number of nitrogens with two attached hydrogens (primary N) is 1. The molecular formula is C29H30ClF5N6O3. The van der Waals surface area contributed by atoms with E-state index in [0.29, 0.717) is 39.0 Å². The van der Waals surface area contributed by atoms with Crippen LogP contribution in [0.4, 0.5) is 33.5 Å². The largest absolute Gasteiger partial charge is 0.477 e. The Bertz CT molecular complexity index is 1640. The van der Waals surface area contributed by atoms with Crippen molar-refractivity contribution >= 4 is 34.0 Å². The molecule has 1 spiro atoms. The molecule has 0 aliphatic carbocycles. The van der Waals surface area contributed by atoms with E-state index in [4.69, 9.17) is 31.5 Å². The Morgan fingerprint density at radius 1 is 1.16 bits per heavy atom. The summed E-state index contributed by atoms with van der Waals surface area (Å²) >= 11 is 5.99. The van der Waals surface area contributed by atoms with Crippen molar-refractivity contribution in [3.63, 3.8) is 0 Å². The number of nitrogen functional groups attached to an aromatic ring is 1. The number of ether oxygens (including phenoxy) is 3. The van der Waals surface area contributed by atoms with Crippen LogP contribution in [-0.2, 0) is 10.9 Å². The van der Waals surface area contributed by atoms with Crippen molar-refractivity contribution in [2.45, 2.75) is 55.5 Å². The normalized spacial score (nSPS) is 27.1. The number of rotatable bonds is 4. The minimum Gasteiger partial charge on any atom is -0.477 e. The number of nitrogens with zero attached hydrogens (tertiary/aromatic N) is 5. The second-order valence-electron chi connectivity index (χ2n) is 12.1. The highest BCUT2D eigenvalue weighted by atomic mass is 35.5. The van der Waals surface area contributed by atoms with Crippen molar-refractivity contribution in [3.8, 4) is 23.1 Å². The molecule has 1 aromatic carbocycles. The number of benzene rings is 1. The topological polar surface area (TPSA) is 98.9 Å². The van der Waals surface area contributed by atoms with Gasteiger partial charge in [-0.25, -0.2) is 13.8 Å². The van der Waals surface area contributed by atoms with Crippen molar-refractivity contribution in [1.29, 1.82) is 0 Å². The molecule has 3 fully saturated rings. The third kappa shape index (κ3) is 4.67. The fraction of sp³-hybridized carbons (Fsp3) is 0.552. The summed E-state index contributed by atoms with van der Waals surface area (Å²) in [5, 5.41) is -0.614. The lowest BCUT2D eigenvalue weighted by molar-refractivity contribution is -0.137. The van der Waals surface area contributed by atoms with Crippen LogP contribution in [0.15, 0.2) is 12.1 Å². The third-order valence-corrected chi connectivity index (χ3v) is 9.81. The first kappa shape index (κ1) is 29.5. The van der Waals surface area contributed by atoms with E-state index < -0.39 is 51.1 Å². The lowest BCUT2D eigenvalue weighted by Crippen LogP contribution is -2.49. The lowest BCUT2D eigenvalue weighted by atomic mass is 9.92. The van der Waals surface area contributed by atoms with Gasteiger partial charge in [-0.05, 0) is 37.9 Å². The molecule has 0 amide bonds. The van der Waals surface area contributed by atoms with Crippen LogP contribution in [0, 0.1) is 5.82 Å². The van der Waals surface area contributed by atoms with E-state index in [0.717, 1.165) is 31.5 Å². The fourth-order valence-electron chi connectivity index (χ4n) is 7.23. The number of pyridine rings is 1. The number of fused-ring (bicyclic) bond motifs is 1. The van der Waals surface area contributed by atoms with Gasteiger partial charge in [0.2, 0.25) is 5.88 Å². The van der Waals surface area contributed by atoms with Crippen LogP contribution >= 0.6 is 11.6 Å². The Morgan fingerprint density at radius 3 is 2.70 bits per heavy atom. The molecule has 7 rings (SSSR count). The SMILES string of the molecule is CN1c2nc(OC[C@@]34CCCN3C[C@H](F)C4)nc3c(F)c(-c4cc(N)cc(Cl)c4C(F)(F)F)nc(c23)OCCC12CCOC2. The van der Waals surface area contributed by atoms with Gasteiger partial charge in [-0.3, -0.25) is 4.90 Å². The van der Waals surface area contributed by atoms with Crippen LogP contribution < -0.4 is 20.1 Å². The summed E-state index contributed by atoms with van der Waals surface area (Å²) in [6, 6.07) is 1.73. The predicted molar refractivity (Wildman–Crippen MR) is 152 cm³/mol. The summed E-state index contributed by atoms with van der Waals surface area (Å²) in [5.74, 6) is -1.05. The summed E-state index contributed by atoms with van der Waals surface area (Å²) in [6.07, 6.45) is -2.90. The molecule has 0 radical (unpaired) electrons. The standard InChI is InChI=1S/C29H30ClF5N6O3/c1-40-24-19-23(38-26(39-24)44-14-28-3-2-6-41(28)12-15(31)11-28)21(32)22(17-9-16(36)10-18(30)20(17)29(33,34)35)37-25(19)43-8-5-27(40)4-7-42-13-27/h9-10,15H,2-8,11-14,36H2,1H3/t15-,27?,28+/m1/s1. The quantitative estimate of drug-likeness (QED) is 0.296. The number of alkyl halides is 4. The maximum absolute atomic E-state index is 16.6. The van der Waals surface area contributed by atoms with Gasteiger partial charge in [-0.15, -0.1) is 0 Å². The van der Waals surface area contributed by atoms with Gasteiger partial charge in [0.25, 0.3) is 0 Å². The summed E-state index contributed by atoms with van der Waals surface area (Å²) in [7, 11) is 1.79. The summed E-state index contributed by atoms with van der Waals surface area (Å²) in [4.78, 5) is 17.2. The van der Waals surface area contributed by atoms with E-state index in [9.17, 15) is 17.6 Å². The molecule has 3 aromatic rings. The van der Waals surface area contributed by atoms with Gasteiger partial charge in [-0.2, -0.15) is 23.1 Å². The maximum atomic E-state index is 16.6. The van der Waals surface area contributed by atoms with E-state index in [-0.39, 0.29) is 47.5 Å². The highest BCUT2D eigenvalue weighted by Gasteiger charge is 2.50. The Labute approximate surface area is 254 Å². The number of hydrogen-bond donors (Lipinski definition) is 1. The first-order chi connectivity index (χ1) is 20.9. The minimum absolute atomic E-state index is 0.0717. The van der Waals surface area contributed by atoms with Gasteiger partial charge in [0.05, 0.1) is 34.9 Å². The van der Waals surface area contributed by atoms with Crippen LogP contribution in [0.2, 0.25) is 5.02 Å². The Balaban J connectivity index is 1.42. The number of halogens is 6.